The lowest BCUT2D eigenvalue weighted by molar-refractivity contribution is 0.219. The van der Waals surface area contributed by atoms with Gasteiger partial charge in [-0.05, 0) is 25.0 Å². The van der Waals surface area contributed by atoms with Crippen molar-refractivity contribution in [1.82, 2.24) is 15.3 Å². The number of aromatic nitrogens is 2. The van der Waals surface area contributed by atoms with Crippen LogP contribution in [0.5, 0.6) is 0 Å². The van der Waals surface area contributed by atoms with Gasteiger partial charge in [0.1, 0.15) is 5.82 Å². The first-order chi connectivity index (χ1) is 7.42. The number of nitrogens with zero attached hydrogens (tertiary/aromatic N) is 1. The van der Waals surface area contributed by atoms with Gasteiger partial charge >= 0.3 is 0 Å². The number of nitrogens with one attached hydrogen (secondary N) is 2. The van der Waals surface area contributed by atoms with Crippen LogP contribution in [-0.2, 0) is 4.74 Å². The van der Waals surface area contributed by atoms with Gasteiger partial charge in [-0.1, -0.05) is 6.92 Å². The van der Waals surface area contributed by atoms with Crippen LogP contribution in [0.4, 0.5) is 0 Å². The average Bonchev–Trinajstić information content (AvgIpc) is 2.80. The molecule has 0 fully saturated rings. The zero-order chi connectivity index (χ0) is 10.5. The molecule has 4 heteroatoms. The summed E-state index contributed by atoms with van der Waals surface area (Å²) in [5, 5.41) is 3.41. The van der Waals surface area contributed by atoms with Gasteiger partial charge in [0.2, 0.25) is 0 Å². The lowest BCUT2D eigenvalue weighted by Gasteiger charge is -2.22. The van der Waals surface area contributed by atoms with Gasteiger partial charge in [-0.3, -0.25) is 0 Å². The molecule has 0 aliphatic carbocycles. The summed E-state index contributed by atoms with van der Waals surface area (Å²) < 4.78 is 5.36. The van der Waals surface area contributed by atoms with Crippen LogP contribution in [0.3, 0.4) is 0 Å². The van der Waals surface area contributed by atoms with Crippen molar-refractivity contribution in [3.05, 3.63) is 30.1 Å². The Bertz CT molecular complexity index is 319. The molecule has 1 aromatic rings. The Morgan fingerprint density at radius 3 is 3.20 bits per heavy atom. The van der Waals surface area contributed by atoms with Crippen LogP contribution in [0.1, 0.15) is 31.6 Å². The third kappa shape index (κ3) is 2.39. The summed E-state index contributed by atoms with van der Waals surface area (Å²) >= 11 is 0. The Labute approximate surface area is 89.7 Å². The molecule has 0 bridgehead atoms. The number of hydrogen-bond acceptors (Lipinski definition) is 3. The van der Waals surface area contributed by atoms with E-state index in [0.717, 1.165) is 31.8 Å². The maximum absolute atomic E-state index is 5.36. The molecular weight excluding hydrogens is 190 g/mol. The normalized spacial score (nSPS) is 18.1. The maximum atomic E-state index is 5.36. The molecule has 1 unspecified atom stereocenters. The van der Waals surface area contributed by atoms with Gasteiger partial charge in [0.25, 0.3) is 0 Å². The highest BCUT2D eigenvalue weighted by Crippen LogP contribution is 2.25. The van der Waals surface area contributed by atoms with Crippen LogP contribution in [0.15, 0.2) is 24.2 Å². The monoisotopic (exact) mass is 207 g/mol. The minimum absolute atomic E-state index is 0.172. The van der Waals surface area contributed by atoms with E-state index < -0.39 is 0 Å². The van der Waals surface area contributed by atoms with Gasteiger partial charge in [0.05, 0.1) is 18.9 Å². The lowest BCUT2D eigenvalue weighted by atomic mass is 10.0. The average molecular weight is 207 g/mol. The molecule has 2 heterocycles. The summed E-state index contributed by atoms with van der Waals surface area (Å²) in [6, 6.07) is 0.172. The Hall–Kier alpha value is -1.29. The second-order valence-electron chi connectivity index (χ2n) is 3.63. The molecule has 1 aromatic heterocycles. The summed E-state index contributed by atoms with van der Waals surface area (Å²) in [6.07, 6.45) is 7.68. The molecular formula is C11H17N3O. The van der Waals surface area contributed by atoms with Crippen molar-refractivity contribution in [2.45, 2.75) is 25.8 Å². The molecule has 2 N–H and O–H groups in total. The zero-order valence-corrected chi connectivity index (χ0v) is 8.99. The highest BCUT2D eigenvalue weighted by Gasteiger charge is 2.19. The Morgan fingerprint density at radius 2 is 2.60 bits per heavy atom. The second kappa shape index (κ2) is 4.98. The van der Waals surface area contributed by atoms with E-state index >= 15 is 0 Å². The van der Waals surface area contributed by atoms with Crippen molar-refractivity contribution < 1.29 is 4.74 Å². The topological polar surface area (TPSA) is 49.9 Å². The van der Waals surface area contributed by atoms with Gasteiger partial charge in [0, 0.05) is 12.4 Å². The summed E-state index contributed by atoms with van der Waals surface area (Å²) in [7, 11) is 0. The van der Waals surface area contributed by atoms with Crippen LogP contribution in [0.25, 0.3) is 0 Å². The fraction of sp³-hybridized carbons (Fsp3) is 0.545. The van der Waals surface area contributed by atoms with E-state index in [-0.39, 0.29) is 6.04 Å². The minimum Gasteiger partial charge on any atom is -0.501 e. The third-order valence-electron chi connectivity index (χ3n) is 2.53. The molecule has 0 saturated heterocycles. The first-order valence-corrected chi connectivity index (χ1v) is 5.45. The second-order valence-corrected chi connectivity index (χ2v) is 3.63. The largest absolute Gasteiger partial charge is 0.501 e. The molecule has 4 nitrogen and oxygen atoms in total. The molecule has 1 aliphatic heterocycles. The number of aromatic amines is 1. The fourth-order valence-corrected chi connectivity index (χ4v) is 1.84. The van der Waals surface area contributed by atoms with Crippen molar-refractivity contribution in [1.29, 1.82) is 0 Å². The number of ether oxygens (including phenoxy) is 1. The molecule has 0 radical (unpaired) electrons. The van der Waals surface area contributed by atoms with Crippen LogP contribution in [-0.4, -0.2) is 23.1 Å². The molecule has 0 saturated carbocycles. The number of H-pyrrole nitrogens is 1. The molecule has 0 aromatic carbocycles. The quantitative estimate of drug-likeness (QED) is 0.791. The van der Waals surface area contributed by atoms with Crippen molar-refractivity contribution in [2.75, 3.05) is 13.2 Å². The predicted molar refractivity (Wildman–Crippen MR) is 58.3 cm³/mol. The van der Waals surface area contributed by atoms with Gasteiger partial charge in [-0.15, -0.1) is 0 Å². The van der Waals surface area contributed by atoms with E-state index in [1.807, 2.05) is 12.5 Å². The molecule has 1 atom stereocenters. The van der Waals surface area contributed by atoms with Crippen molar-refractivity contribution in [2.24, 2.45) is 0 Å². The number of rotatable bonds is 4. The van der Waals surface area contributed by atoms with E-state index in [0.29, 0.717) is 0 Å². The number of likely N-dealkylation sites (N-methyl/N-ethyl adjacent to an activating group) is 1. The SMILES string of the molecule is CCNC(C1=COCCC1)c1ncc[nH]1. The molecule has 82 valence electrons. The number of imidazole rings is 1. The fourth-order valence-electron chi connectivity index (χ4n) is 1.84. The molecule has 0 amide bonds. The lowest BCUT2D eigenvalue weighted by Crippen LogP contribution is -2.25. The Kier molecular flexibility index (Phi) is 3.40. The van der Waals surface area contributed by atoms with E-state index in [1.165, 1.54) is 5.57 Å². The number of hydrogen-bond donors (Lipinski definition) is 2. The molecule has 1 aliphatic rings. The summed E-state index contributed by atoms with van der Waals surface area (Å²) in [6.45, 7) is 3.85. The van der Waals surface area contributed by atoms with E-state index in [4.69, 9.17) is 4.74 Å². The van der Waals surface area contributed by atoms with E-state index in [2.05, 4.69) is 22.2 Å². The van der Waals surface area contributed by atoms with Crippen molar-refractivity contribution >= 4 is 0 Å². The Morgan fingerprint density at radius 1 is 1.67 bits per heavy atom. The van der Waals surface area contributed by atoms with Gasteiger partial charge < -0.3 is 15.0 Å². The molecule has 15 heavy (non-hydrogen) atoms. The standard InChI is InChI=1S/C11H17N3O/c1-2-12-10(11-13-5-6-14-11)9-4-3-7-15-8-9/h5-6,8,10,12H,2-4,7H2,1H3,(H,13,14). The smallest absolute Gasteiger partial charge is 0.127 e. The molecule has 0 spiro atoms. The van der Waals surface area contributed by atoms with Crippen LogP contribution in [0.2, 0.25) is 0 Å². The van der Waals surface area contributed by atoms with Gasteiger partial charge in [-0.2, -0.15) is 0 Å². The highest BCUT2D eigenvalue weighted by atomic mass is 16.5. The zero-order valence-electron chi connectivity index (χ0n) is 8.99. The van der Waals surface area contributed by atoms with Crippen LogP contribution >= 0.6 is 0 Å². The van der Waals surface area contributed by atoms with Crippen LogP contribution in [0, 0.1) is 0 Å². The predicted octanol–water partition coefficient (Wildman–Crippen LogP) is 1.75. The molecule has 2 rings (SSSR count). The third-order valence-corrected chi connectivity index (χ3v) is 2.53. The Balaban J connectivity index is 2.15. The summed E-state index contributed by atoms with van der Waals surface area (Å²) in [5.74, 6) is 0.966. The van der Waals surface area contributed by atoms with Gasteiger partial charge in [0.15, 0.2) is 0 Å². The maximum Gasteiger partial charge on any atom is 0.127 e. The summed E-state index contributed by atoms with van der Waals surface area (Å²) in [5.41, 5.74) is 1.28. The first kappa shape index (κ1) is 10.2. The minimum atomic E-state index is 0.172. The van der Waals surface area contributed by atoms with E-state index in [1.54, 1.807) is 6.20 Å². The van der Waals surface area contributed by atoms with Crippen molar-refractivity contribution in [3.63, 3.8) is 0 Å². The van der Waals surface area contributed by atoms with Crippen LogP contribution < -0.4 is 5.32 Å². The first-order valence-electron chi connectivity index (χ1n) is 5.45. The van der Waals surface area contributed by atoms with Crippen molar-refractivity contribution in [3.8, 4) is 0 Å². The highest BCUT2D eigenvalue weighted by molar-refractivity contribution is 5.17. The van der Waals surface area contributed by atoms with Gasteiger partial charge in [-0.25, -0.2) is 4.98 Å². The van der Waals surface area contributed by atoms with E-state index in [9.17, 15) is 0 Å². The summed E-state index contributed by atoms with van der Waals surface area (Å²) in [4.78, 5) is 7.45.